The number of H-pyrrole nitrogens is 1. The Kier molecular flexibility index (Phi) is 2.37. The summed E-state index contributed by atoms with van der Waals surface area (Å²) in [5, 5.41) is 0. The van der Waals surface area contributed by atoms with Crippen LogP contribution in [0.1, 0.15) is 11.4 Å². The van der Waals surface area contributed by atoms with Crippen LogP contribution in [0.2, 0.25) is 0 Å². The predicted molar refractivity (Wildman–Crippen MR) is 58.6 cm³/mol. The first-order valence-corrected chi connectivity index (χ1v) is 4.71. The summed E-state index contributed by atoms with van der Waals surface area (Å²) in [6.07, 6.45) is 3.37. The molecule has 2 rings (SSSR count). The molecule has 0 aliphatic carbocycles. The van der Waals surface area contributed by atoms with Crippen molar-refractivity contribution in [2.75, 3.05) is 17.7 Å². The van der Waals surface area contributed by atoms with Crippen LogP contribution in [0.5, 0.6) is 0 Å². The molecule has 2 aromatic rings. The largest absolute Gasteiger partial charge is 0.472 e. The summed E-state index contributed by atoms with van der Waals surface area (Å²) in [7, 11) is 1.94. The number of nitrogens with one attached hydrogen (secondary N) is 1. The van der Waals surface area contributed by atoms with E-state index in [0.717, 1.165) is 23.8 Å². The highest BCUT2D eigenvalue weighted by Crippen LogP contribution is 2.20. The minimum Gasteiger partial charge on any atom is -0.472 e. The second-order valence-corrected chi connectivity index (χ2v) is 3.55. The smallest absolute Gasteiger partial charge is 0.171 e. The normalized spacial score (nSPS) is 10.5. The average molecular weight is 206 g/mol. The Hall–Kier alpha value is -1.91. The van der Waals surface area contributed by atoms with E-state index in [2.05, 4.69) is 9.97 Å². The van der Waals surface area contributed by atoms with Crippen molar-refractivity contribution in [1.29, 1.82) is 0 Å². The van der Waals surface area contributed by atoms with E-state index >= 15 is 0 Å². The molecule has 0 bridgehead atoms. The number of furan rings is 1. The number of nitrogen functional groups attached to an aromatic ring is 1. The first kappa shape index (κ1) is 9.64. The standard InChI is InChI=1S/C10H14N4O/c1-7-12-9(11)10(13-7)14(2)5-8-3-4-15-6-8/h3-4,6H,5,11H2,1-2H3,(H,12,13). The molecule has 0 aliphatic rings. The van der Waals surface area contributed by atoms with E-state index in [-0.39, 0.29) is 0 Å². The molecule has 0 aliphatic heterocycles. The first-order chi connectivity index (χ1) is 7.16. The third kappa shape index (κ3) is 1.96. The van der Waals surface area contributed by atoms with Crippen LogP contribution in [-0.2, 0) is 6.54 Å². The third-order valence-corrected chi connectivity index (χ3v) is 2.19. The van der Waals surface area contributed by atoms with E-state index in [1.165, 1.54) is 0 Å². The number of aromatic amines is 1. The van der Waals surface area contributed by atoms with Crippen LogP contribution in [0.25, 0.3) is 0 Å². The highest BCUT2D eigenvalue weighted by molar-refractivity contribution is 5.58. The van der Waals surface area contributed by atoms with Crippen molar-refractivity contribution >= 4 is 11.6 Å². The van der Waals surface area contributed by atoms with Crippen molar-refractivity contribution in [1.82, 2.24) is 9.97 Å². The maximum atomic E-state index is 5.79. The lowest BCUT2D eigenvalue weighted by Gasteiger charge is -2.15. The molecule has 0 fully saturated rings. The minimum atomic E-state index is 0.596. The number of imidazole rings is 1. The number of rotatable bonds is 3. The highest BCUT2D eigenvalue weighted by Gasteiger charge is 2.10. The Labute approximate surface area is 87.9 Å². The summed E-state index contributed by atoms with van der Waals surface area (Å²) in [4.78, 5) is 9.25. The van der Waals surface area contributed by atoms with Gasteiger partial charge in [0.2, 0.25) is 0 Å². The Morgan fingerprint density at radius 1 is 1.60 bits per heavy atom. The molecule has 0 spiro atoms. The molecule has 0 amide bonds. The van der Waals surface area contributed by atoms with E-state index in [9.17, 15) is 0 Å². The van der Waals surface area contributed by atoms with Gasteiger partial charge >= 0.3 is 0 Å². The molecule has 80 valence electrons. The van der Waals surface area contributed by atoms with Gasteiger partial charge in [-0.3, -0.25) is 0 Å². The highest BCUT2D eigenvalue weighted by atomic mass is 16.3. The summed E-state index contributed by atoms with van der Waals surface area (Å²) in [6.45, 7) is 2.61. The lowest BCUT2D eigenvalue weighted by atomic mass is 10.3. The van der Waals surface area contributed by atoms with Gasteiger partial charge in [0.1, 0.15) is 11.6 Å². The number of aromatic nitrogens is 2. The van der Waals surface area contributed by atoms with Crippen LogP contribution in [0.15, 0.2) is 23.0 Å². The Morgan fingerprint density at radius 2 is 2.40 bits per heavy atom. The fraction of sp³-hybridized carbons (Fsp3) is 0.300. The zero-order chi connectivity index (χ0) is 10.8. The summed E-state index contributed by atoms with van der Waals surface area (Å²) < 4.78 is 5.00. The van der Waals surface area contributed by atoms with Gasteiger partial charge in [0, 0.05) is 19.2 Å². The molecule has 2 aromatic heterocycles. The van der Waals surface area contributed by atoms with Crippen LogP contribution in [-0.4, -0.2) is 17.0 Å². The molecule has 0 saturated heterocycles. The Balaban J connectivity index is 2.14. The van der Waals surface area contributed by atoms with Crippen LogP contribution in [0.4, 0.5) is 11.6 Å². The van der Waals surface area contributed by atoms with E-state index in [1.54, 1.807) is 12.5 Å². The van der Waals surface area contributed by atoms with E-state index in [1.807, 2.05) is 24.9 Å². The number of anilines is 2. The van der Waals surface area contributed by atoms with Gasteiger partial charge in [0.15, 0.2) is 5.82 Å². The molecule has 2 heterocycles. The second kappa shape index (κ2) is 3.68. The molecular formula is C10H14N4O. The van der Waals surface area contributed by atoms with Crippen LogP contribution < -0.4 is 10.6 Å². The SMILES string of the molecule is Cc1nc(N(C)Cc2ccoc2)c(N)[nH]1. The number of hydrogen-bond acceptors (Lipinski definition) is 4. The molecule has 0 saturated carbocycles. The average Bonchev–Trinajstić information content (AvgIpc) is 2.75. The van der Waals surface area contributed by atoms with E-state index in [0.29, 0.717) is 5.82 Å². The maximum Gasteiger partial charge on any atom is 0.171 e. The van der Waals surface area contributed by atoms with Crippen molar-refractivity contribution in [3.05, 3.63) is 30.0 Å². The van der Waals surface area contributed by atoms with E-state index in [4.69, 9.17) is 10.2 Å². The monoisotopic (exact) mass is 206 g/mol. The Bertz CT molecular complexity index is 432. The molecule has 0 aromatic carbocycles. The zero-order valence-electron chi connectivity index (χ0n) is 8.82. The van der Waals surface area contributed by atoms with Crippen LogP contribution >= 0.6 is 0 Å². The maximum absolute atomic E-state index is 5.79. The van der Waals surface area contributed by atoms with Crippen molar-refractivity contribution < 1.29 is 4.42 Å². The molecule has 3 N–H and O–H groups in total. The number of nitrogens with two attached hydrogens (primary N) is 1. The number of aryl methyl sites for hydroxylation is 1. The quantitative estimate of drug-likeness (QED) is 0.798. The van der Waals surface area contributed by atoms with Crippen molar-refractivity contribution in [2.45, 2.75) is 13.5 Å². The molecule has 5 heteroatoms. The van der Waals surface area contributed by atoms with Crippen molar-refractivity contribution in [3.63, 3.8) is 0 Å². The first-order valence-electron chi connectivity index (χ1n) is 4.71. The number of hydrogen-bond donors (Lipinski definition) is 2. The molecule has 0 unspecified atom stereocenters. The molecular weight excluding hydrogens is 192 g/mol. The van der Waals surface area contributed by atoms with Crippen LogP contribution in [0, 0.1) is 6.92 Å². The molecule has 0 radical (unpaired) electrons. The molecule has 0 atom stereocenters. The zero-order valence-corrected chi connectivity index (χ0v) is 8.82. The molecule has 5 nitrogen and oxygen atoms in total. The summed E-state index contributed by atoms with van der Waals surface area (Å²) in [5.74, 6) is 2.19. The Morgan fingerprint density at radius 3 is 2.93 bits per heavy atom. The fourth-order valence-electron chi connectivity index (χ4n) is 1.52. The lowest BCUT2D eigenvalue weighted by Crippen LogP contribution is -2.17. The number of nitrogens with zero attached hydrogens (tertiary/aromatic N) is 2. The fourth-order valence-corrected chi connectivity index (χ4v) is 1.52. The predicted octanol–water partition coefficient (Wildman–Crippen LogP) is 1.53. The van der Waals surface area contributed by atoms with Gasteiger partial charge in [-0.1, -0.05) is 0 Å². The van der Waals surface area contributed by atoms with E-state index < -0.39 is 0 Å². The topological polar surface area (TPSA) is 71.1 Å². The van der Waals surface area contributed by atoms with Gasteiger partial charge in [-0.15, -0.1) is 0 Å². The lowest BCUT2D eigenvalue weighted by molar-refractivity contribution is 0.563. The van der Waals surface area contributed by atoms with Gasteiger partial charge in [-0.2, -0.15) is 0 Å². The molecule has 15 heavy (non-hydrogen) atoms. The summed E-state index contributed by atoms with van der Waals surface area (Å²) in [6, 6.07) is 1.92. The summed E-state index contributed by atoms with van der Waals surface area (Å²) >= 11 is 0. The van der Waals surface area contributed by atoms with Gasteiger partial charge < -0.3 is 20.0 Å². The van der Waals surface area contributed by atoms with Gasteiger partial charge in [-0.05, 0) is 13.0 Å². The van der Waals surface area contributed by atoms with Crippen molar-refractivity contribution in [2.24, 2.45) is 0 Å². The van der Waals surface area contributed by atoms with Gasteiger partial charge in [0.05, 0.1) is 12.5 Å². The van der Waals surface area contributed by atoms with Gasteiger partial charge in [0.25, 0.3) is 0 Å². The van der Waals surface area contributed by atoms with Crippen LogP contribution in [0.3, 0.4) is 0 Å². The second-order valence-electron chi connectivity index (χ2n) is 3.55. The minimum absolute atomic E-state index is 0.596. The third-order valence-electron chi connectivity index (χ3n) is 2.19. The van der Waals surface area contributed by atoms with Crippen molar-refractivity contribution in [3.8, 4) is 0 Å². The van der Waals surface area contributed by atoms with Gasteiger partial charge in [-0.25, -0.2) is 4.98 Å². The summed E-state index contributed by atoms with van der Waals surface area (Å²) in [5.41, 5.74) is 6.88.